The van der Waals surface area contributed by atoms with E-state index in [-0.39, 0.29) is 5.97 Å². The Morgan fingerprint density at radius 3 is 3.21 bits per heavy atom. The zero-order valence-corrected chi connectivity index (χ0v) is 10.2. The van der Waals surface area contributed by atoms with Crippen LogP contribution in [0.25, 0.3) is 11.4 Å². The van der Waals surface area contributed by atoms with Crippen LogP contribution in [0.3, 0.4) is 0 Å². The number of nitrogens with zero attached hydrogens (tertiary/aromatic N) is 3. The molecule has 19 heavy (non-hydrogen) atoms. The van der Waals surface area contributed by atoms with E-state index >= 15 is 0 Å². The van der Waals surface area contributed by atoms with E-state index in [1.54, 1.807) is 6.07 Å². The van der Waals surface area contributed by atoms with E-state index in [4.69, 9.17) is 4.74 Å². The van der Waals surface area contributed by atoms with Crippen LogP contribution in [0.1, 0.15) is 21.7 Å². The van der Waals surface area contributed by atoms with E-state index in [1.165, 1.54) is 0 Å². The van der Waals surface area contributed by atoms with Gasteiger partial charge in [-0.3, -0.25) is 0 Å². The maximum absolute atomic E-state index is 11.4. The molecule has 6 heteroatoms. The van der Waals surface area contributed by atoms with Crippen molar-refractivity contribution in [2.24, 2.45) is 0 Å². The Hall–Kier alpha value is -2.21. The van der Waals surface area contributed by atoms with Crippen molar-refractivity contribution in [2.75, 3.05) is 6.54 Å². The highest BCUT2D eigenvalue weighted by atomic mass is 16.5. The van der Waals surface area contributed by atoms with Gasteiger partial charge in [-0.1, -0.05) is 6.07 Å². The van der Waals surface area contributed by atoms with E-state index in [0.29, 0.717) is 18.0 Å². The lowest BCUT2D eigenvalue weighted by Crippen LogP contribution is -2.28. The number of esters is 1. The Morgan fingerprint density at radius 2 is 2.32 bits per heavy atom. The molecular weight excluding hydrogens is 244 g/mol. The summed E-state index contributed by atoms with van der Waals surface area (Å²) in [4.78, 5) is 15.9. The number of carbonyl (C=O) groups is 1. The molecule has 2 aliphatic heterocycles. The maximum atomic E-state index is 11.4. The number of aromatic nitrogens is 3. The summed E-state index contributed by atoms with van der Waals surface area (Å²) in [6.45, 7) is 2.86. The van der Waals surface area contributed by atoms with E-state index < -0.39 is 0 Å². The first-order valence-corrected chi connectivity index (χ1v) is 6.26. The van der Waals surface area contributed by atoms with E-state index in [2.05, 4.69) is 15.4 Å². The number of nitrogens with one attached hydrogen (secondary N) is 1. The van der Waals surface area contributed by atoms with E-state index in [0.717, 1.165) is 36.6 Å². The fourth-order valence-electron chi connectivity index (χ4n) is 2.46. The molecule has 1 aromatic heterocycles. The minimum Gasteiger partial charge on any atom is -0.457 e. The monoisotopic (exact) mass is 256 g/mol. The van der Waals surface area contributed by atoms with Gasteiger partial charge in [0, 0.05) is 17.7 Å². The second kappa shape index (κ2) is 3.89. The summed E-state index contributed by atoms with van der Waals surface area (Å²) in [6, 6.07) is 5.60. The third-order valence-electron chi connectivity index (χ3n) is 3.47. The Bertz CT molecular complexity index is 654. The fourth-order valence-corrected chi connectivity index (χ4v) is 2.46. The molecule has 0 bridgehead atoms. The highest BCUT2D eigenvalue weighted by Gasteiger charge is 2.22. The Balaban J connectivity index is 1.76. The molecule has 0 unspecified atom stereocenters. The normalized spacial score (nSPS) is 16.9. The number of carbonyl (C=O) groups excluding carboxylic acids is 1. The van der Waals surface area contributed by atoms with E-state index in [1.807, 2.05) is 16.8 Å². The molecule has 0 fully saturated rings. The van der Waals surface area contributed by atoms with Crippen LogP contribution < -0.4 is 5.32 Å². The Labute approximate surface area is 109 Å². The lowest BCUT2D eigenvalue weighted by atomic mass is 10.1. The van der Waals surface area contributed by atoms with Crippen molar-refractivity contribution in [3.8, 4) is 11.4 Å². The third kappa shape index (κ3) is 1.64. The minimum absolute atomic E-state index is 0.247. The lowest BCUT2D eigenvalue weighted by molar-refractivity contribution is 0.0535. The zero-order chi connectivity index (χ0) is 12.8. The molecule has 2 aliphatic rings. The van der Waals surface area contributed by atoms with Crippen LogP contribution in [0.5, 0.6) is 0 Å². The third-order valence-corrected chi connectivity index (χ3v) is 3.47. The van der Waals surface area contributed by atoms with Gasteiger partial charge in [-0.05, 0) is 12.1 Å². The molecule has 2 aromatic rings. The first-order valence-electron chi connectivity index (χ1n) is 6.26. The molecular formula is C13H12N4O2. The van der Waals surface area contributed by atoms with Gasteiger partial charge in [-0.25, -0.2) is 14.5 Å². The molecule has 0 radical (unpaired) electrons. The Kier molecular flexibility index (Phi) is 2.19. The van der Waals surface area contributed by atoms with Crippen LogP contribution in [0, 0.1) is 0 Å². The molecule has 1 N–H and O–H groups in total. The van der Waals surface area contributed by atoms with Crippen molar-refractivity contribution in [1.82, 2.24) is 20.1 Å². The zero-order valence-electron chi connectivity index (χ0n) is 10.2. The average molecular weight is 256 g/mol. The number of hydrogen-bond donors (Lipinski definition) is 1. The van der Waals surface area contributed by atoms with Crippen LogP contribution in [-0.4, -0.2) is 27.3 Å². The lowest BCUT2D eigenvalue weighted by Gasteiger charge is -2.11. The number of cyclic esters (lactones) is 1. The molecule has 0 amide bonds. The quantitative estimate of drug-likeness (QED) is 0.761. The minimum atomic E-state index is -0.247. The maximum Gasteiger partial charge on any atom is 0.338 e. The van der Waals surface area contributed by atoms with Crippen molar-refractivity contribution in [2.45, 2.75) is 19.7 Å². The molecule has 3 heterocycles. The second-order valence-electron chi connectivity index (χ2n) is 4.70. The summed E-state index contributed by atoms with van der Waals surface area (Å²) >= 11 is 0. The van der Waals surface area contributed by atoms with Gasteiger partial charge in [-0.15, -0.1) is 0 Å². The summed E-state index contributed by atoms with van der Waals surface area (Å²) in [7, 11) is 0. The summed E-state index contributed by atoms with van der Waals surface area (Å²) in [5.41, 5.74) is 2.49. The van der Waals surface area contributed by atoms with Gasteiger partial charge in [0.1, 0.15) is 12.4 Å². The number of fused-ring (bicyclic) bond motifs is 2. The van der Waals surface area contributed by atoms with Crippen LogP contribution in [0.2, 0.25) is 0 Å². The van der Waals surface area contributed by atoms with Crippen molar-refractivity contribution < 1.29 is 9.53 Å². The van der Waals surface area contributed by atoms with Crippen LogP contribution in [0.15, 0.2) is 18.2 Å². The van der Waals surface area contributed by atoms with Gasteiger partial charge in [0.25, 0.3) is 0 Å². The van der Waals surface area contributed by atoms with Crippen LogP contribution >= 0.6 is 0 Å². The highest BCUT2D eigenvalue weighted by Crippen LogP contribution is 2.25. The largest absolute Gasteiger partial charge is 0.457 e. The summed E-state index contributed by atoms with van der Waals surface area (Å²) in [5, 5.41) is 7.77. The van der Waals surface area contributed by atoms with Gasteiger partial charge in [-0.2, -0.15) is 5.10 Å². The molecule has 6 nitrogen and oxygen atoms in total. The standard InChI is InChI=1S/C13H12N4O2/c18-13-10-2-1-8(5-9(10)7-19-13)12-15-11-6-14-3-4-17(11)16-12/h1-2,5,14H,3-4,6-7H2. The van der Waals surface area contributed by atoms with Crippen LogP contribution in [0.4, 0.5) is 0 Å². The molecule has 1 aromatic carbocycles. The molecule has 96 valence electrons. The van der Waals surface area contributed by atoms with Crippen LogP contribution in [-0.2, 0) is 24.4 Å². The average Bonchev–Trinajstić information content (AvgIpc) is 3.02. The predicted molar refractivity (Wildman–Crippen MR) is 66.3 cm³/mol. The van der Waals surface area contributed by atoms with Crippen molar-refractivity contribution in [1.29, 1.82) is 0 Å². The van der Waals surface area contributed by atoms with Gasteiger partial charge in [0.2, 0.25) is 0 Å². The van der Waals surface area contributed by atoms with Gasteiger partial charge in [0.15, 0.2) is 5.82 Å². The number of rotatable bonds is 1. The molecule has 0 saturated heterocycles. The number of hydrogen-bond acceptors (Lipinski definition) is 5. The van der Waals surface area contributed by atoms with Gasteiger partial charge in [0.05, 0.1) is 18.7 Å². The highest BCUT2D eigenvalue weighted by molar-refractivity contribution is 5.94. The SMILES string of the molecule is O=C1OCc2cc(-c3nc4n(n3)CCNC4)ccc21. The molecule has 0 atom stereocenters. The van der Waals surface area contributed by atoms with Gasteiger partial charge >= 0.3 is 5.97 Å². The smallest absolute Gasteiger partial charge is 0.338 e. The number of benzene rings is 1. The summed E-state index contributed by atoms with van der Waals surface area (Å²) in [6.07, 6.45) is 0. The Morgan fingerprint density at radius 1 is 1.37 bits per heavy atom. The van der Waals surface area contributed by atoms with Crippen molar-refractivity contribution >= 4 is 5.97 Å². The molecule has 0 aliphatic carbocycles. The van der Waals surface area contributed by atoms with Gasteiger partial charge < -0.3 is 10.1 Å². The van der Waals surface area contributed by atoms with Crippen molar-refractivity contribution in [3.63, 3.8) is 0 Å². The molecule has 4 rings (SSSR count). The number of ether oxygens (including phenoxy) is 1. The van der Waals surface area contributed by atoms with E-state index in [9.17, 15) is 4.79 Å². The fraction of sp³-hybridized carbons (Fsp3) is 0.308. The molecule has 0 spiro atoms. The first kappa shape index (κ1) is 10.7. The predicted octanol–water partition coefficient (Wildman–Crippen LogP) is 0.719. The first-order chi connectivity index (χ1) is 9.31. The summed E-state index contributed by atoms with van der Waals surface area (Å²) in [5.74, 6) is 1.41. The van der Waals surface area contributed by atoms with Crippen molar-refractivity contribution in [3.05, 3.63) is 35.2 Å². The molecule has 0 saturated carbocycles. The topological polar surface area (TPSA) is 69.0 Å². The summed E-state index contributed by atoms with van der Waals surface area (Å²) < 4.78 is 6.93. The second-order valence-corrected chi connectivity index (χ2v) is 4.70.